The second-order valence-corrected chi connectivity index (χ2v) is 4.29. The van der Waals surface area contributed by atoms with E-state index in [-0.39, 0.29) is 5.97 Å². The van der Waals surface area contributed by atoms with E-state index in [0.29, 0.717) is 12.8 Å². The smallest absolute Gasteiger partial charge is 0.305 e. The molecule has 2 heterocycles. The number of aryl methyl sites for hydroxylation is 1. The zero-order valence-electron chi connectivity index (χ0n) is 9.42. The maximum Gasteiger partial charge on any atom is 0.305 e. The predicted octanol–water partition coefficient (Wildman–Crippen LogP) is 2.31. The molecule has 0 unspecified atom stereocenters. The highest BCUT2D eigenvalue weighted by Gasteiger charge is 2.07. The van der Waals surface area contributed by atoms with Gasteiger partial charge in [0, 0.05) is 18.0 Å². The lowest BCUT2D eigenvalue weighted by Crippen LogP contribution is -2.01. The topological polar surface area (TPSA) is 52.1 Å². The first kappa shape index (κ1) is 11.7. The maximum absolute atomic E-state index is 11.0. The number of hydrogen-bond acceptors (Lipinski definition) is 5. The van der Waals surface area contributed by atoms with Crippen LogP contribution in [0, 0.1) is 0 Å². The van der Waals surface area contributed by atoms with Crippen molar-refractivity contribution in [3.63, 3.8) is 0 Å². The molecular formula is C12H12N2O2S. The van der Waals surface area contributed by atoms with Gasteiger partial charge in [0.25, 0.3) is 0 Å². The van der Waals surface area contributed by atoms with Crippen molar-refractivity contribution in [3.05, 3.63) is 35.5 Å². The van der Waals surface area contributed by atoms with Gasteiger partial charge in [-0.05, 0) is 12.1 Å². The molecule has 0 aliphatic carbocycles. The Morgan fingerprint density at radius 2 is 2.35 bits per heavy atom. The average Bonchev–Trinajstić information content (AvgIpc) is 2.86. The van der Waals surface area contributed by atoms with Crippen molar-refractivity contribution in [2.75, 3.05) is 7.11 Å². The molecule has 0 aliphatic heterocycles. The van der Waals surface area contributed by atoms with E-state index in [2.05, 4.69) is 14.7 Å². The minimum absolute atomic E-state index is 0.211. The van der Waals surface area contributed by atoms with Crippen LogP contribution in [-0.4, -0.2) is 23.0 Å². The molecule has 2 rings (SSSR count). The summed E-state index contributed by atoms with van der Waals surface area (Å²) in [4.78, 5) is 19.7. The minimum atomic E-state index is -0.211. The third-order valence-electron chi connectivity index (χ3n) is 2.25. The van der Waals surface area contributed by atoms with Crippen LogP contribution in [0.2, 0.25) is 0 Å². The lowest BCUT2D eigenvalue weighted by molar-refractivity contribution is -0.140. The van der Waals surface area contributed by atoms with Gasteiger partial charge in [-0.3, -0.25) is 9.78 Å². The molecule has 88 valence electrons. The van der Waals surface area contributed by atoms with Crippen molar-refractivity contribution >= 4 is 17.3 Å². The second kappa shape index (κ2) is 5.54. The molecule has 0 bridgehead atoms. The van der Waals surface area contributed by atoms with E-state index in [9.17, 15) is 4.79 Å². The number of rotatable bonds is 4. The van der Waals surface area contributed by atoms with E-state index < -0.39 is 0 Å². The maximum atomic E-state index is 11.0. The fraction of sp³-hybridized carbons (Fsp3) is 0.250. The van der Waals surface area contributed by atoms with E-state index >= 15 is 0 Å². The molecule has 4 nitrogen and oxygen atoms in total. The number of esters is 1. The van der Waals surface area contributed by atoms with E-state index in [1.165, 1.54) is 18.4 Å². The van der Waals surface area contributed by atoms with Crippen molar-refractivity contribution in [3.8, 4) is 10.7 Å². The molecule has 0 saturated carbocycles. The number of ether oxygens (including phenoxy) is 1. The van der Waals surface area contributed by atoms with Gasteiger partial charge in [-0.1, -0.05) is 6.07 Å². The Kier molecular flexibility index (Phi) is 3.82. The molecule has 17 heavy (non-hydrogen) atoms. The van der Waals surface area contributed by atoms with E-state index in [1.807, 2.05) is 23.6 Å². The summed E-state index contributed by atoms with van der Waals surface area (Å²) in [6, 6.07) is 5.72. The number of hydrogen-bond donors (Lipinski definition) is 0. The summed E-state index contributed by atoms with van der Waals surface area (Å²) >= 11 is 1.54. The highest BCUT2D eigenvalue weighted by atomic mass is 32.1. The van der Waals surface area contributed by atoms with Crippen molar-refractivity contribution in [2.24, 2.45) is 0 Å². The lowest BCUT2D eigenvalue weighted by atomic mass is 10.2. The van der Waals surface area contributed by atoms with Gasteiger partial charge in [-0.25, -0.2) is 4.98 Å². The Balaban J connectivity index is 2.04. The molecule has 0 spiro atoms. The molecule has 0 aliphatic rings. The first-order chi connectivity index (χ1) is 8.29. The summed E-state index contributed by atoms with van der Waals surface area (Å²) in [7, 11) is 1.39. The number of nitrogens with zero attached hydrogens (tertiary/aromatic N) is 2. The highest BCUT2D eigenvalue weighted by molar-refractivity contribution is 7.13. The lowest BCUT2D eigenvalue weighted by Gasteiger charge is -1.96. The Morgan fingerprint density at radius 3 is 3.06 bits per heavy atom. The van der Waals surface area contributed by atoms with Crippen LogP contribution < -0.4 is 0 Å². The van der Waals surface area contributed by atoms with Gasteiger partial charge >= 0.3 is 5.97 Å². The van der Waals surface area contributed by atoms with Crippen molar-refractivity contribution in [1.29, 1.82) is 0 Å². The standard InChI is InChI=1S/C12H12N2O2S/c1-16-11(15)6-5-9-8-17-12(14-9)10-4-2-3-7-13-10/h2-4,7-8H,5-6H2,1H3. The summed E-state index contributed by atoms with van der Waals surface area (Å²) in [6.45, 7) is 0. The van der Waals surface area contributed by atoms with Crippen LogP contribution in [0.3, 0.4) is 0 Å². The normalized spacial score (nSPS) is 10.2. The molecule has 0 radical (unpaired) electrons. The molecule has 0 aromatic carbocycles. The van der Waals surface area contributed by atoms with Crippen LogP contribution in [-0.2, 0) is 16.0 Å². The van der Waals surface area contributed by atoms with E-state index in [4.69, 9.17) is 0 Å². The van der Waals surface area contributed by atoms with Crippen LogP contribution in [0.15, 0.2) is 29.8 Å². The van der Waals surface area contributed by atoms with Gasteiger partial charge in [0.1, 0.15) is 5.01 Å². The minimum Gasteiger partial charge on any atom is -0.469 e. The van der Waals surface area contributed by atoms with Gasteiger partial charge in [0.05, 0.1) is 24.9 Å². The van der Waals surface area contributed by atoms with E-state index in [0.717, 1.165) is 16.4 Å². The quantitative estimate of drug-likeness (QED) is 0.779. The number of pyridine rings is 1. The van der Waals surface area contributed by atoms with Crippen LogP contribution in [0.4, 0.5) is 0 Å². The van der Waals surface area contributed by atoms with Crippen LogP contribution in [0.5, 0.6) is 0 Å². The van der Waals surface area contributed by atoms with Gasteiger partial charge in [-0.2, -0.15) is 0 Å². The first-order valence-corrected chi connectivity index (χ1v) is 6.10. The molecule has 0 amide bonds. The first-order valence-electron chi connectivity index (χ1n) is 5.22. The van der Waals surface area contributed by atoms with Gasteiger partial charge < -0.3 is 4.74 Å². The Morgan fingerprint density at radius 1 is 1.47 bits per heavy atom. The zero-order chi connectivity index (χ0) is 12.1. The Hall–Kier alpha value is -1.75. The summed E-state index contributed by atoms with van der Waals surface area (Å²) in [5, 5.41) is 2.83. The third-order valence-corrected chi connectivity index (χ3v) is 3.16. The average molecular weight is 248 g/mol. The van der Waals surface area contributed by atoms with Crippen LogP contribution >= 0.6 is 11.3 Å². The van der Waals surface area contributed by atoms with E-state index in [1.54, 1.807) is 6.20 Å². The Labute approximate surface area is 103 Å². The molecule has 0 saturated heterocycles. The summed E-state index contributed by atoms with van der Waals surface area (Å²) < 4.78 is 4.59. The van der Waals surface area contributed by atoms with Gasteiger partial charge in [0.15, 0.2) is 0 Å². The number of carbonyl (C=O) groups excluding carboxylic acids is 1. The third kappa shape index (κ3) is 3.10. The summed E-state index contributed by atoms with van der Waals surface area (Å²) in [5.41, 5.74) is 1.77. The fourth-order valence-electron chi connectivity index (χ4n) is 1.36. The predicted molar refractivity (Wildman–Crippen MR) is 65.7 cm³/mol. The summed E-state index contributed by atoms with van der Waals surface area (Å²) in [5.74, 6) is -0.211. The zero-order valence-corrected chi connectivity index (χ0v) is 10.2. The largest absolute Gasteiger partial charge is 0.469 e. The second-order valence-electron chi connectivity index (χ2n) is 3.44. The molecule has 0 atom stereocenters. The number of thiazole rings is 1. The molecule has 0 fully saturated rings. The SMILES string of the molecule is COC(=O)CCc1csc(-c2ccccn2)n1. The molecular weight excluding hydrogens is 236 g/mol. The Bertz CT molecular complexity index is 496. The number of aromatic nitrogens is 2. The fourth-order valence-corrected chi connectivity index (χ4v) is 2.19. The van der Waals surface area contributed by atoms with Crippen molar-refractivity contribution < 1.29 is 9.53 Å². The molecule has 5 heteroatoms. The molecule has 2 aromatic heterocycles. The van der Waals surface area contributed by atoms with Crippen molar-refractivity contribution in [2.45, 2.75) is 12.8 Å². The highest BCUT2D eigenvalue weighted by Crippen LogP contribution is 2.21. The van der Waals surface area contributed by atoms with Crippen molar-refractivity contribution in [1.82, 2.24) is 9.97 Å². The van der Waals surface area contributed by atoms with Gasteiger partial charge in [0.2, 0.25) is 0 Å². The number of methoxy groups -OCH3 is 1. The molecule has 0 N–H and O–H groups in total. The van der Waals surface area contributed by atoms with Crippen LogP contribution in [0.1, 0.15) is 12.1 Å². The summed E-state index contributed by atoms with van der Waals surface area (Å²) in [6.07, 6.45) is 2.71. The monoisotopic (exact) mass is 248 g/mol. The number of carbonyl (C=O) groups is 1. The van der Waals surface area contributed by atoms with Gasteiger partial charge in [-0.15, -0.1) is 11.3 Å². The van der Waals surface area contributed by atoms with Crippen LogP contribution in [0.25, 0.3) is 10.7 Å². The molecule has 2 aromatic rings.